The van der Waals surface area contributed by atoms with E-state index >= 15 is 0 Å². The Hall–Kier alpha value is -3.99. The summed E-state index contributed by atoms with van der Waals surface area (Å²) in [5, 5.41) is 6.35. The topological polar surface area (TPSA) is 89.0 Å². The van der Waals surface area contributed by atoms with Crippen molar-refractivity contribution in [3.05, 3.63) is 66.6 Å². The Morgan fingerprint density at radius 1 is 1.05 bits per heavy atom. The smallest absolute Gasteiger partial charge is 0.416 e. The highest BCUT2D eigenvalue weighted by atomic mass is 32.1. The fourth-order valence-corrected chi connectivity index (χ4v) is 4.21. The zero-order valence-corrected chi connectivity index (χ0v) is 21.3. The number of benzene rings is 2. The molecular weight excluding hydrogens is 503 g/mol. The van der Waals surface area contributed by atoms with E-state index in [1.807, 2.05) is 19.1 Å². The molecule has 0 aliphatic rings. The van der Waals surface area contributed by atoms with Crippen molar-refractivity contribution in [1.29, 1.82) is 0 Å². The number of anilines is 2. The summed E-state index contributed by atoms with van der Waals surface area (Å²) in [6, 6.07) is 10.1. The van der Waals surface area contributed by atoms with Gasteiger partial charge in [0.15, 0.2) is 10.9 Å². The molecule has 1 amide bonds. The van der Waals surface area contributed by atoms with E-state index in [2.05, 4.69) is 32.2 Å². The fourth-order valence-electron chi connectivity index (χ4n) is 3.25. The number of hydrogen-bond acceptors (Lipinski definition) is 7. The number of aromatic nitrogens is 3. The molecule has 4 aromatic rings. The minimum atomic E-state index is -4.58. The third kappa shape index (κ3) is 6.05. The lowest BCUT2D eigenvalue weighted by Crippen LogP contribution is -2.28. The van der Waals surface area contributed by atoms with Gasteiger partial charge >= 0.3 is 6.18 Å². The van der Waals surface area contributed by atoms with Gasteiger partial charge in [0.25, 0.3) is 0 Å². The van der Waals surface area contributed by atoms with E-state index in [-0.39, 0.29) is 22.8 Å². The van der Waals surface area contributed by atoms with Gasteiger partial charge in [-0.1, -0.05) is 50.8 Å². The zero-order valence-electron chi connectivity index (χ0n) is 20.5. The molecule has 0 unspecified atom stereocenters. The molecule has 0 saturated carbocycles. The molecule has 2 aromatic heterocycles. The maximum absolute atomic E-state index is 13.4. The van der Waals surface area contributed by atoms with Gasteiger partial charge in [0.05, 0.1) is 21.6 Å². The fraction of sp³-hybridized carbons (Fsp3) is 0.231. The number of carbonyl (C=O) groups excluding carboxylic acids is 1. The van der Waals surface area contributed by atoms with Crippen LogP contribution in [0.15, 0.2) is 61.1 Å². The maximum atomic E-state index is 13.4. The lowest BCUT2D eigenvalue weighted by Gasteiger charge is -2.20. The van der Waals surface area contributed by atoms with E-state index in [0.717, 1.165) is 22.5 Å². The van der Waals surface area contributed by atoms with Crippen LogP contribution in [0.5, 0.6) is 11.6 Å². The molecule has 0 aliphatic carbocycles. The van der Waals surface area contributed by atoms with Crippen molar-refractivity contribution in [2.24, 2.45) is 5.41 Å². The number of fused-ring (bicyclic) bond motifs is 1. The quantitative estimate of drug-likeness (QED) is 0.270. The third-order valence-corrected chi connectivity index (χ3v) is 6.05. The minimum absolute atomic E-state index is 0.0171. The average Bonchev–Trinajstić information content (AvgIpc) is 3.21. The molecule has 2 heterocycles. The van der Waals surface area contributed by atoms with Gasteiger partial charge in [0.1, 0.15) is 11.8 Å². The van der Waals surface area contributed by atoms with Crippen LogP contribution in [0, 0.1) is 5.41 Å². The second-order valence-corrected chi connectivity index (χ2v) is 10.4. The summed E-state index contributed by atoms with van der Waals surface area (Å²) in [5.41, 5.74) is 0.194. The number of nitrogens with one attached hydrogen (secondary N) is 2. The van der Waals surface area contributed by atoms with Crippen LogP contribution in [0.25, 0.3) is 21.5 Å². The van der Waals surface area contributed by atoms with Gasteiger partial charge in [-0.25, -0.2) is 15.0 Å². The molecule has 0 spiro atoms. The first-order chi connectivity index (χ1) is 17.3. The van der Waals surface area contributed by atoms with E-state index < -0.39 is 23.1 Å². The highest BCUT2D eigenvalue weighted by Crippen LogP contribution is 2.38. The van der Waals surface area contributed by atoms with Crippen molar-refractivity contribution in [2.75, 3.05) is 10.6 Å². The highest BCUT2D eigenvalue weighted by molar-refractivity contribution is 7.22. The van der Waals surface area contributed by atoms with Crippen LogP contribution in [0.3, 0.4) is 0 Å². The summed E-state index contributed by atoms with van der Waals surface area (Å²) < 4.78 is 47.1. The van der Waals surface area contributed by atoms with Gasteiger partial charge in [-0.05, 0) is 31.2 Å². The van der Waals surface area contributed by atoms with Crippen LogP contribution < -0.4 is 15.4 Å². The Bertz CT molecular complexity index is 1490. The van der Waals surface area contributed by atoms with Gasteiger partial charge < -0.3 is 15.4 Å². The van der Waals surface area contributed by atoms with E-state index in [4.69, 9.17) is 4.74 Å². The van der Waals surface area contributed by atoms with E-state index in [9.17, 15) is 18.0 Å². The van der Waals surface area contributed by atoms with Crippen LogP contribution in [-0.4, -0.2) is 20.9 Å². The molecule has 0 aliphatic heterocycles. The van der Waals surface area contributed by atoms with Gasteiger partial charge in [-0.3, -0.25) is 4.79 Å². The van der Waals surface area contributed by atoms with Crippen LogP contribution in [-0.2, 0) is 11.0 Å². The molecule has 11 heteroatoms. The van der Waals surface area contributed by atoms with Crippen LogP contribution >= 0.6 is 11.3 Å². The molecule has 0 fully saturated rings. The number of carbonyl (C=O) groups is 1. The number of nitrogens with zero attached hydrogens (tertiary/aromatic N) is 3. The summed E-state index contributed by atoms with van der Waals surface area (Å²) in [7, 11) is 0. The first-order valence-corrected chi connectivity index (χ1v) is 12.0. The van der Waals surface area contributed by atoms with Crippen molar-refractivity contribution in [2.45, 2.75) is 33.9 Å². The van der Waals surface area contributed by atoms with Crippen molar-refractivity contribution >= 4 is 38.3 Å². The summed E-state index contributed by atoms with van der Waals surface area (Å²) in [5.74, 6) is 0.169. The van der Waals surface area contributed by atoms with E-state index in [0.29, 0.717) is 16.4 Å². The zero-order chi connectivity index (χ0) is 27.0. The largest absolute Gasteiger partial charge is 0.437 e. The molecule has 37 heavy (non-hydrogen) atoms. The number of alkyl halides is 3. The monoisotopic (exact) mass is 527 g/mol. The molecule has 0 bridgehead atoms. The second kappa shape index (κ2) is 9.81. The molecule has 2 aromatic carbocycles. The SMILES string of the molecule is C=C(C)Nc1nc2c(Oc3cc(-c4ccc(C(F)(F)F)cc4NC(=O)C(C)(C)C)ncn3)cccc2s1. The predicted molar refractivity (Wildman–Crippen MR) is 139 cm³/mol. The summed E-state index contributed by atoms with van der Waals surface area (Å²) in [6.07, 6.45) is -3.34. The molecular formula is C26H24F3N5O2S. The maximum Gasteiger partial charge on any atom is 0.416 e. The number of rotatable bonds is 6. The number of thiazole rings is 1. The summed E-state index contributed by atoms with van der Waals surface area (Å²) >= 11 is 1.44. The Morgan fingerprint density at radius 3 is 2.49 bits per heavy atom. The third-order valence-electron chi connectivity index (χ3n) is 5.11. The standard InChI is InChI=1S/C26H24F3N5O2S/c1-14(2)32-24-34-22-19(7-6-8-20(22)37-24)36-21-12-17(30-13-31-21)16-10-9-15(26(27,28)29)11-18(16)33-23(35)25(3,4)5/h6-13H,1H2,2-5H3,(H,32,34)(H,33,35). The lowest BCUT2D eigenvalue weighted by atomic mass is 9.95. The van der Waals surface area contributed by atoms with Gasteiger partial charge in [0.2, 0.25) is 11.8 Å². The predicted octanol–water partition coefficient (Wildman–Crippen LogP) is 7.49. The Kier molecular flexibility index (Phi) is 6.92. The minimum Gasteiger partial charge on any atom is -0.437 e. The van der Waals surface area contributed by atoms with Gasteiger partial charge in [-0.2, -0.15) is 13.2 Å². The number of amides is 1. The van der Waals surface area contributed by atoms with E-state index in [1.165, 1.54) is 29.8 Å². The molecule has 4 rings (SSSR count). The first-order valence-electron chi connectivity index (χ1n) is 11.2. The van der Waals surface area contributed by atoms with Gasteiger partial charge in [-0.15, -0.1) is 0 Å². The van der Waals surface area contributed by atoms with Gasteiger partial charge in [0, 0.05) is 22.7 Å². The van der Waals surface area contributed by atoms with Crippen LogP contribution in [0.1, 0.15) is 33.3 Å². The average molecular weight is 528 g/mol. The normalized spacial score (nSPS) is 11.9. The number of hydrogen-bond donors (Lipinski definition) is 2. The molecule has 0 radical (unpaired) electrons. The van der Waals surface area contributed by atoms with Crippen molar-refractivity contribution in [1.82, 2.24) is 15.0 Å². The molecule has 2 N–H and O–H groups in total. The molecule has 0 saturated heterocycles. The van der Waals surface area contributed by atoms with Crippen LogP contribution in [0.4, 0.5) is 24.0 Å². The van der Waals surface area contributed by atoms with Crippen molar-refractivity contribution < 1.29 is 22.7 Å². The van der Waals surface area contributed by atoms with E-state index in [1.54, 1.807) is 26.8 Å². The summed E-state index contributed by atoms with van der Waals surface area (Å²) in [6.45, 7) is 10.7. The van der Waals surface area contributed by atoms with Crippen molar-refractivity contribution in [3.63, 3.8) is 0 Å². The molecule has 7 nitrogen and oxygen atoms in total. The number of halogens is 3. The Balaban J connectivity index is 1.71. The van der Waals surface area contributed by atoms with Crippen LogP contribution in [0.2, 0.25) is 0 Å². The highest BCUT2D eigenvalue weighted by Gasteiger charge is 2.32. The van der Waals surface area contributed by atoms with Crippen molar-refractivity contribution in [3.8, 4) is 22.9 Å². The first kappa shape index (κ1) is 26.1. The number of allylic oxidation sites excluding steroid dienone is 1. The molecule has 192 valence electrons. The number of ether oxygens (including phenoxy) is 1. The Morgan fingerprint density at radius 2 is 1.81 bits per heavy atom. The lowest BCUT2D eigenvalue weighted by molar-refractivity contribution is -0.137. The summed E-state index contributed by atoms with van der Waals surface area (Å²) in [4.78, 5) is 25.5. The number of para-hydroxylation sites is 1. The molecule has 0 atom stereocenters. The Labute approximate surface area is 215 Å². The second-order valence-electron chi connectivity index (χ2n) is 9.33.